The third-order valence-corrected chi connectivity index (χ3v) is 3.28. The summed E-state index contributed by atoms with van der Waals surface area (Å²) in [5.41, 5.74) is 5.88. The number of imidazole rings is 1. The summed E-state index contributed by atoms with van der Waals surface area (Å²) in [6.45, 7) is 0. The Labute approximate surface area is 85.3 Å². The number of rotatable bonds is 2. The van der Waals surface area contributed by atoms with Crippen molar-refractivity contribution >= 4 is 0 Å². The highest BCUT2D eigenvalue weighted by Crippen LogP contribution is 2.25. The number of aryl methyl sites for hydroxylation is 1. The third-order valence-electron chi connectivity index (χ3n) is 3.28. The van der Waals surface area contributed by atoms with Gasteiger partial charge in [-0.15, -0.1) is 0 Å². The standard InChI is InChI=1S/C11H19N3/c1-14-7-6-13-11(14)8-9-2-4-10(12)5-3-9/h6-7,9-10H,2-5,8,12H2,1H3. The fourth-order valence-corrected chi connectivity index (χ4v) is 2.24. The summed E-state index contributed by atoms with van der Waals surface area (Å²) in [4.78, 5) is 4.36. The number of hydrogen-bond donors (Lipinski definition) is 1. The minimum atomic E-state index is 0.452. The molecule has 0 aliphatic heterocycles. The minimum absolute atomic E-state index is 0.452. The van der Waals surface area contributed by atoms with Crippen LogP contribution in [0.15, 0.2) is 12.4 Å². The van der Waals surface area contributed by atoms with Crippen LogP contribution in [0.3, 0.4) is 0 Å². The summed E-state index contributed by atoms with van der Waals surface area (Å²) in [6.07, 6.45) is 9.94. The summed E-state index contributed by atoms with van der Waals surface area (Å²) in [6, 6.07) is 0.452. The van der Waals surface area contributed by atoms with Crippen LogP contribution in [0.25, 0.3) is 0 Å². The van der Waals surface area contributed by atoms with E-state index in [4.69, 9.17) is 5.73 Å². The SMILES string of the molecule is Cn1ccnc1CC1CCC(N)CC1. The molecule has 0 aromatic carbocycles. The molecule has 0 saturated heterocycles. The van der Waals surface area contributed by atoms with Crippen molar-refractivity contribution in [3.05, 3.63) is 18.2 Å². The molecule has 0 bridgehead atoms. The Morgan fingerprint density at radius 3 is 2.71 bits per heavy atom. The van der Waals surface area contributed by atoms with E-state index in [1.54, 1.807) is 0 Å². The van der Waals surface area contributed by atoms with E-state index in [9.17, 15) is 0 Å². The van der Waals surface area contributed by atoms with Crippen molar-refractivity contribution in [1.82, 2.24) is 9.55 Å². The molecule has 0 unspecified atom stereocenters. The van der Waals surface area contributed by atoms with Gasteiger partial charge in [-0.25, -0.2) is 4.98 Å². The van der Waals surface area contributed by atoms with Crippen molar-refractivity contribution in [2.24, 2.45) is 18.7 Å². The summed E-state index contributed by atoms with van der Waals surface area (Å²) < 4.78 is 2.12. The number of nitrogens with two attached hydrogens (primary N) is 1. The van der Waals surface area contributed by atoms with Gasteiger partial charge in [-0.3, -0.25) is 0 Å². The number of hydrogen-bond acceptors (Lipinski definition) is 2. The Morgan fingerprint density at radius 1 is 1.43 bits per heavy atom. The van der Waals surface area contributed by atoms with E-state index in [2.05, 4.69) is 16.6 Å². The highest BCUT2D eigenvalue weighted by Gasteiger charge is 2.19. The fourth-order valence-electron chi connectivity index (χ4n) is 2.24. The molecule has 1 fully saturated rings. The molecular formula is C11H19N3. The van der Waals surface area contributed by atoms with Crippen LogP contribution in [0.5, 0.6) is 0 Å². The zero-order valence-corrected chi connectivity index (χ0v) is 8.82. The Balaban J connectivity index is 1.89. The molecule has 2 N–H and O–H groups in total. The topological polar surface area (TPSA) is 43.8 Å². The first-order valence-corrected chi connectivity index (χ1v) is 5.47. The van der Waals surface area contributed by atoms with Crippen LogP contribution < -0.4 is 5.73 Å². The van der Waals surface area contributed by atoms with Gasteiger partial charge in [-0.1, -0.05) is 0 Å². The van der Waals surface area contributed by atoms with Crippen LogP contribution in [0.2, 0.25) is 0 Å². The van der Waals surface area contributed by atoms with E-state index in [-0.39, 0.29) is 0 Å². The molecular weight excluding hydrogens is 174 g/mol. The van der Waals surface area contributed by atoms with Crippen molar-refractivity contribution in [2.45, 2.75) is 38.1 Å². The zero-order chi connectivity index (χ0) is 9.97. The monoisotopic (exact) mass is 193 g/mol. The lowest BCUT2D eigenvalue weighted by atomic mass is 9.84. The van der Waals surface area contributed by atoms with Gasteiger partial charge in [-0.2, -0.15) is 0 Å². The molecule has 1 aromatic rings. The third kappa shape index (κ3) is 2.15. The lowest BCUT2D eigenvalue weighted by molar-refractivity contribution is 0.319. The lowest BCUT2D eigenvalue weighted by Gasteiger charge is -2.25. The molecule has 0 radical (unpaired) electrons. The molecule has 1 saturated carbocycles. The van der Waals surface area contributed by atoms with Crippen molar-refractivity contribution in [2.75, 3.05) is 0 Å². The molecule has 0 atom stereocenters. The molecule has 78 valence electrons. The predicted octanol–water partition coefficient (Wildman–Crippen LogP) is 1.48. The predicted molar refractivity (Wildman–Crippen MR) is 56.8 cm³/mol. The van der Waals surface area contributed by atoms with Crippen LogP contribution >= 0.6 is 0 Å². The maximum absolute atomic E-state index is 5.88. The normalized spacial score (nSPS) is 27.9. The largest absolute Gasteiger partial charge is 0.338 e. The van der Waals surface area contributed by atoms with Gasteiger partial charge in [0.05, 0.1) is 0 Å². The first kappa shape index (κ1) is 9.71. The van der Waals surface area contributed by atoms with Gasteiger partial charge in [-0.05, 0) is 31.6 Å². The van der Waals surface area contributed by atoms with Crippen LogP contribution in [0, 0.1) is 5.92 Å². The van der Waals surface area contributed by atoms with E-state index in [1.807, 2.05) is 12.4 Å². The zero-order valence-electron chi connectivity index (χ0n) is 8.82. The second kappa shape index (κ2) is 4.13. The van der Waals surface area contributed by atoms with E-state index in [1.165, 1.54) is 31.5 Å². The molecule has 1 aliphatic rings. The van der Waals surface area contributed by atoms with E-state index < -0.39 is 0 Å². The highest BCUT2D eigenvalue weighted by atomic mass is 15.0. The van der Waals surface area contributed by atoms with E-state index in [0.29, 0.717) is 6.04 Å². The number of aromatic nitrogens is 2. The molecule has 1 aliphatic carbocycles. The summed E-state index contributed by atoms with van der Waals surface area (Å²) >= 11 is 0. The molecule has 14 heavy (non-hydrogen) atoms. The first-order chi connectivity index (χ1) is 6.75. The molecule has 1 heterocycles. The van der Waals surface area contributed by atoms with Gasteiger partial charge >= 0.3 is 0 Å². The summed E-state index contributed by atoms with van der Waals surface area (Å²) in [5, 5.41) is 0. The summed E-state index contributed by atoms with van der Waals surface area (Å²) in [5.74, 6) is 2.02. The minimum Gasteiger partial charge on any atom is -0.338 e. The Bertz CT molecular complexity index is 284. The van der Waals surface area contributed by atoms with Crippen LogP contribution in [-0.2, 0) is 13.5 Å². The highest BCUT2D eigenvalue weighted by molar-refractivity contribution is 4.93. The van der Waals surface area contributed by atoms with Gasteiger partial charge in [0.25, 0.3) is 0 Å². The molecule has 0 amide bonds. The quantitative estimate of drug-likeness (QED) is 0.773. The van der Waals surface area contributed by atoms with Gasteiger partial charge in [0.1, 0.15) is 5.82 Å². The second-order valence-electron chi connectivity index (χ2n) is 4.44. The maximum atomic E-state index is 5.88. The maximum Gasteiger partial charge on any atom is 0.108 e. The van der Waals surface area contributed by atoms with Crippen LogP contribution in [-0.4, -0.2) is 15.6 Å². The van der Waals surface area contributed by atoms with Crippen LogP contribution in [0.1, 0.15) is 31.5 Å². The van der Waals surface area contributed by atoms with Crippen molar-refractivity contribution in [3.8, 4) is 0 Å². The van der Waals surface area contributed by atoms with E-state index >= 15 is 0 Å². The van der Waals surface area contributed by atoms with Crippen molar-refractivity contribution in [3.63, 3.8) is 0 Å². The Morgan fingerprint density at radius 2 is 2.14 bits per heavy atom. The molecule has 1 aromatic heterocycles. The van der Waals surface area contributed by atoms with Gasteiger partial charge in [0.2, 0.25) is 0 Å². The van der Waals surface area contributed by atoms with Gasteiger partial charge in [0.15, 0.2) is 0 Å². The number of nitrogens with zero attached hydrogens (tertiary/aromatic N) is 2. The molecule has 0 spiro atoms. The Hall–Kier alpha value is -0.830. The Kier molecular flexibility index (Phi) is 2.87. The molecule has 3 heteroatoms. The van der Waals surface area contributed by atoms with Crippen molar-refractivity contribution < 1.29 is 0 Å². The molecule has 3 nitrogen and oxygen atoms in total. The van der Waals surface area contributed by atoms with Crippen LogP contribution in [0.4, 0.5) is 0 Å². The first-order valence-electron chi connectivity index (χ1n) is 5.47. The second-order valence-corrected chi connectivity index (χ2v) is 4.44. The van der Waals surface area contributed by atoms with Crippen molar-refractivity contribution in [1.29, 1.82) is 0 Å². The van der Waals surface area contributed by atoms with E-state index in [0.717, 1.165) is 12.3 Å². The van der Waals surface area contributed by atoms with Gasteiger partial charge in [0, 0.05) is 31.9 Å². The summed E-state index contributed by atoms with van der Waals surface area (Å²) in [7, 11) is 2.07. The van der Waals surface area contributed by atoms with Gasteiger partial charge < -0.3 is 10.3 Å². The lowest BCUT2D eigenvalue weighted by Crippen LogP contribution is -2.27. The smallest absolute Gasteiger partial charge is 0.108 e. The average Bonchev–Trinajstić information content (AvgIpc) is 2.56. The average molecular weight is 193 g/mol. The molecule has 2 rings (SSSR count). The fraction of sp³-hybridized carbons (Fsp3) is 0.727.